The third kappa shape index (κ3) is 2.71. The zero-order valence-corrected chi connectivity index (χ0v) is 9.18. The number of rotatable bonds is 7. The molecule has 1 unspecified atom stereocenters. The first-order chi connectivity index (χ1) is 6.61. The first-order valence-electron chi connectivity index (χ1n) is 5.59. The Balaban J connectivity index is 2.32. The second-order valence-electron chi connectivity index (χ2n) is 4.42. The van der Waals surface area contributed by atoms with Crippen molar-refractivity contribution in [3.63, 3.8) is 0 Å². The van der Waals surface area contributed by atoms with Gasteiger partial charge in [0, 0.05) is 0 Å². The van der Waals surface area contributed by atoms with E-state index in [1.54, 1.807) is 0 Å². The first-order valence-corrected chi connectivity index (χ1v) is 5.59. The highest BCUT2D eigenvalue weighted by Crippen LogP contribution is 2.39. The zero-order valence-electron chi connectivity index (χ0n) is 9.18. The van der Waals surface area contributed by atoms with Gasteiger partial charge in [-0.15, -0.1) is 0 Å². The Labute approximate surface area is 85.9 Å². The molecule has 3 heteroatoms. The highest BCUT2D eigenvalue weighted by Gasteiger charge is 2.46. The molecule has 0 radical (unpaired) electrons. The number of carboxylic acid groups (broad SMARTS) is 1. The lowest BCUT2D eigenvalue weighted by Crippen LogP contribution is -2.51. The Hall–Kier alpha value is -0.570. The van der Waals surface area contributed by atoms with Crippen LogP contribution in [0.15, 0.2) is 0 Å². The monoisotopic (exact) mass is 199 g/mol. The predicted molar refractivity (Wildman–Crippen MR) is 56.3 cm³/mol. The number of hydrogen-bond donors (Lipinski definition) is 2. The molecule has 0 aromatic heterocycles. The van der Waals surface area contributed by atoms with Crippen LogP contribution in [0, 0.1) is 5.92 Å². The van der Waals surface area contributed by atoms with Crippen LogP contribution >= 0.6 is 0 Å². The molecule has 0 bridgehead atoms. The minimum absolute atomic E-state index is 0.349. The summed E-state index contributed by atoms with van der Waals surface area (Å²) >= 11 is 0. The minimum Gasteiger partial charge on any atom is -0.480 e. The summed E-state index contributed by atoms with van der Waals surface area (Å²) in [5.74, 6) is -0.349. The van der Waals surface area contributed by atoms with E-state index in [0.29, 0.717) is 5.92 Å². The summed E-state index contributed by atoms with van der Waals surface area (Å²) < 4.78 is 0. The smallest absolute Gasteiger partial charge is 0.323 e. The van der Waals surface area contributed by atoms with Gasteiger partial charge in [0.1, 0.15) is 5.54 Å². The van der Waals surface area contributed by atoms with Crippen molar-refractivity contribution in [3.8, 4) is 0 Å². The summed E-state index contributed by atoms with van der Waals surface area (Å²) in [7, 11) is 0. The van der Waals surface area contributed by atoms with Crippen LogP contribution < -0.4 is 5.32 Å². The topological polar surface area (TPSA) is 49.3 Å². The van der Waals surface area contributed by atoms with Gasteiger partial charge in [-0.3, -0.25) is 4.79 Å². The molecule has 82 valence electrons. The van der Waals surface area contributed by atoms with Crippen LogP contribution in [0.25, 0.3) is 0 Å². The summed E-state index contributed by atoms with van der Waals surface area (Å²) in [5.41, 5.74) is -0.673. The Kier molecular flexibility index (Phi) is 3.93. The fourth-order valence-corrected chi connectivity index (χ4v) is 1.78. The van der Waals surface area contributed by atoms with Gasteiger partial charge in [-0.25, -0.2) is 0 Å². The van der Waals surface area contributed by atoms with Crippen LogP contribution in [0.4, 0.5) is 0 Å². The van der Waals surface area contributed by atoms with E-state index in [-0.39, 0.29) is 0 Å². The third-order valence-electron chi connectivity index (χ3n) is 3.11. The SMILES string of the molecule is CCCCCNC(C)(C(=O)O)C1CC1. The number of carboxylic acids is 1. The van der Waals surface area contributed by atoms with Gasteiger partial charge in [0.15, 0.2) is 0 Å². The zero-order chi connectivity index (χ0) is 10.6. The van der Waals surface area contributed by atoms with E-state index in [1.165, 1.54) is 12.8 Å². The minimum atomic E-state index is -0.698. The molecule has 0 aliphatic heterocycles. The van der Waals surface area contributed by atoms with Crippen LogP contribution in [0.2, 0.25) is 0 Å². The number of aliphatic carboxylic acids is 1. The van der Waals surface area contributed by atoms with Gasteiger partial charge in [-0.05, 0) is 38.6 Å². The van der Waals surface area contributed by atoms with Gasteiger partial charge < -0.3 is 10.4 Å². The summed E-state index contributed by atoms with van der Waals surface area (Å²) in [6, 6.07) is 0. The Morgan fingerprint density at radius 3 is 2.57 bits per heavy atom. The van der Waals surface area contributed by atoms with E-state index >= 15 is 0 Å². The number of nitrogens with one attached hydrogen (secondary N) is 1. The van der Waals surface area contributed by atoms with E-state index in [2.05, 4.69) is 12.2 Å². The molecule has 1 rings (SSSR count). The Bertz CT molecular complexity index is 201. The maximum absolute atomic E-state index is 11.1. The van der Waals surface area contributed by atoms with Crippen molar-refractivity contribution in [1.29, 1.82) is 0 Å². The molecule has 1 aliphatic carbocycles. The van der Waals surface area contributed by atoms with Crippen LogP contribution in [-0.2, 0) is 4.79 Å². The van der Waals surface area contributed by atoms with Crippen molar-refractivity contribution in [2.75, 3.05) is 6.54 Å². The fraction of sp³-hybridized carbons (Fsp3) is 0.909. The molecule has 1 aliphatic rings. The molecule has 2 N–H and O–H groups in total. The van der Waals surface area contributed by atoms with Crippen molar-refractivity contribution in [1.82, 2.24) is 5.32 Å². The number of unbranched alkanes of at least 4 members (excludes halogenated alkanes) is 2. The molecule has 0 amide bonds. The van der Waals surface area contributed by atoms with Gasteiger partial charge >= 0.3 is 5.97 Å². The molecular weight excluding hydrogens is 178 g/mol. The largest absolute Gasteiger partial charge is 0.480 e. The molecule has 0 heterocycles. The van der Waals surface area contributed by atoms with E-state index in [0.717, 1.165) is 25.8 Å². The third-order valence-corrected chi connectivity index (χ3v) is 3.11. The van der Waals surface area contributed by atoms with Crippen LogP contribution in [-0.4, -0.2) is 23.2 Å². The number of carbonyl (C=O) groups is 1. The molecule has 0 saturated heterocycles. The maximum Gasteiger partial charge on any atom is 0.323 e. The highest BCUT2D eigenvalue weighted by molar-refractivity contribution is 5.79. The van der Waals surface area contributed by atoms with Crippen molar-refractivity contribution >= 4 is 5.97 Å². The van der Waals surface area contributed by atoms with Crippen LogP contribution in [0.1, 0.15) is 46.0 Å². The average molecular weight is 199 g/mol. The van der Waals surface area contributed by atoms with Gasteiger partial charge in [0.2, 0.25) is 0 Å². The fourth-order valence-electron chi connectivity index (χ4n) is 1.78. The van der Waals surface area contributed by atoms with Crippen molar-refractivity contribution in [2.24, 2.45) is 5.92 Å². The second kappa shape index (κ2) is 4.78. The van der Waals surface area contributed by atoms with Gasteiger partial charge in [0.25, 0.3) is 0 Å². The highest BCUT2D eigenvalue weighted by atomic mass is 16.4. The lowest BCUT2D eigenvalue weighted by atomic mass is 9.96. The van der Waals surface area contributed by atoms with Crippen LogP contribution in [0.3, 0.4) is 0 Å². The molecule has 3 nitrogen and oxygen atoms in total. The van der Waals surface area contributed by atoms with E-state index in [9.17, 15) is 4.79 Å². The first kappa shape index (κ1) is 11.5. The predicted octanol–water partition coefficient (Wildman–Crippen LogP) is 2.02. The van der Waals surface area contributed by atoms with Crippen LogP contribution in [0.5, 0.6) is 0 Å². The van der Waals surface area contributed by atoms with Gasteiger partial charge in [0.05, 0.1) is 0 Å². The normalized spacial score (nSPS) is 20.4. The quantitative estimate of drug-likeness (QED) is 0.617. The van der Waals surface area contributed by atoms with Gasteiger partial charge in [-0.1, -0.05) is 19.8 Å². The van der Waals surface area contributed by atoms with Gasteiger partial charge in [-0.2, -0.15) is 0 Å². The van der Waals surface area contributed by atoms with Crippen molar-refractivity contribution < 1.29 is 9.90 Å². The standard InChI is InChI=1S/C11H21NO2/c1-3-4-5-8-12-11(2,10(13)14)9-6-7-9/h9,12H,3-8H2,1-2H3,(H,13,14). The lowest BCUT2D eigenvalue weighted by molar-refractivity contribution is -0.145. The lowest BCUT2D eigenvalue weighted by Gasteiger charge is -2.26. The molecule has 1 saturated carbocycles. The summed E-state index contributed by atoms with van der Waals surface area (Å²) in [6.07, 6.45) is 5.54. The van der Waals surface area contributed by atoms with Crippen molar-refractivity contribution in [2.45, 2.75) is 51.5 Å². The average Bonchev–Trinajstić information content (AvgIpc) is 2.95. The summed E-state index contributed by atoms with van der Waals surface area (Å²) in [5, 5.41) is 12.3. The summed E-state index contributed by atoms with van der Waals surface area (Å²) in [6.45, 7) is 4.80. The van der Waals surface area contributed by atoms with Crippen molar-refractivity contribution in [3.05, 3.63) is 0 Å². The van der Waals surface area contributed by atoms with E-state index in [1.807, 2.05) is 6.92 Å². The molecular formula is C11H21NO2. The molecule has 1 atom stereocenters. The second-order valence-corrected chi connectivity index (χ2v) is 4.42. The van der Waals surface area contributed by atoms with E-state index < -0.39 is 11.5 Å². The Morgan fingerprint density at radius 2 is 2.14 bits per heavy atom. The summed E-state index contributed by atoms with van der Waals surface area (Å²) in [4.78, 5) is 11.1. The number of hydrogen-bond acceptors (Lipinski definition) is 2. The molecule has 14 heavy (non-hydrogen) atoms. The molecule has 0 aromatic rings. The Morgan fingerprint density at radius 1 is 1.50 bits per heavy atom. The molecule has 0 aromatic carbocycles. The molecule has 0 spiro atoms. The van der Waals surface area contributed by atoms with E-state index in [4.69, 9.17) is 5.11 Å². The maximum atomic E-state index is 11.1. The molecule has 1 fully saturated rings.